The van der Waals surface area contributed by atoms with E-state index >= 15 is 0 Å². The minimum atomic E-state index is -1.30. The SMILES string of the molecule is COc1c(OCCc2cccc(C)c2)cc(C(=O)CC2(C(=O)O)Cc3ccccc3C2)cc1[N+](=O)[O-]. The highest BCUT2D eigenvalue weighted by molar-refractivity contribution is 6.00. The second kappa shape index (κ2) is 10.2. The largest absolute Gasteiger partial charge is 0.489 e. The predicted molar refractivity (Wildman–Crippen MR) is 133 cm³/mol. The van der Waals surface area contributed by atoms with Gasteiger partial charge in [0.1, 0.15) is 0 Å². The Balaban J connectivity index is 1.60. The molecule has 186 valence electrons. The molecular formula is C28H27NO7. The standard InChI is InChI=1S/C28H27NO7/c1-18-6-5-7-19(12-18)10-11-36-25-14-22(13-23(29(33)34)26(25)35-2)24(30)17-28(27(31)32)15-20-8-3-4-9-21(20)16-28/h3-9,12-14H,10-11,15-17H2,1-2H3,(H,31,32). The number of carboxylic acids is 1. The van der Waals surface area contributed by atoms with Crippen molar-refractivity contribution in [2.75, 3.05) is 13.7 Å². The maximum atomic E-state index is 13.3. The van der Waals surface area contributed by atoms with Crippen LogP contribution in [0.25, 0.3) is 0 Å². The first-order chi connectivity index (χ1) is 17.2. The molecule has 0 bridgehead atoms. The number of carbonyl (C=O) groups excluding carboxylic acids is 1. The van der Waals surface area contributed by atoms with Crippen LogP contribution < -0.4 is 9.47 Å². The fraction of sp³-hybridized carbons (Fsp3) is 0.286. The van der Waals surface area contributed by atoms with Gasteiger partial charge in [0.25, 0.3) is 0 Å². The lowest BCUT2D eigenvalue weighted by molar-refractivity contribution is -0.385. The fourth-order valence-corrected chi connectivity index (χ4v) is 4.80. The van der Waals surface area contributed by atoms with Crippen molar-refractivity contribution < 1.29 is 29.1 Å². The van der Waals surface area contributed by atoms with E-state index in [-0.39, 0.29) is 42.9 Å². The molecule has 0 spiro atoms. The average Bonchev–Trinajstić information content (AvgIpc) is 3.23. The fourth-order valence-electron chi connectivity index (χ4n) is 4.80. The lowest BCUT2D eigenvalue weighted by Gasteiger charge is -2.23. The molecule has 0 atom stereocenters. The Hall–Kier alpha value is -4.20. The van der Waals surface area contributed by atoms with Gasteiger partial charge in [-0.15, -0.1) is 0 Å². The maximum absolute atomic E-state index is 13.3. The number of rotatable bonds is 10. The minimum Gasteiger partial charge on any atom is -0.489 e. The van der Waals surface area contributed by atoms with Crippen molar-refractivity contribution in [3.05, 3.63) is 98.6 Å². The van der Waals surface area contributed by atoms with Crippen LogP contribution in [0.3, 0.4) is 0 Å². The molecule has 4 rings (SSSR count). The molecule has 0 amide bonds. The molecular weight excluding hydrogens is 462 g/mol. The van der Waals surface area contributed by atoms with Gasteiger partial charge in [-0.2, -0.15) is 0 Å². The smallest absolute Gasteiger partial charge is 0.315 e. The number of methoxy groups -OCH3 is 1. The highest BCUT2D eigenvalue weighted by Gasteiger charge is 2.45. The van der Waals surface area contributed by atoms with Crippen molar-refractivity contribution in [2.45, 2.75) is 32.6 Å². The summed E-state index contributed by atoms with van der Waals surface area (Å²) in [5, 5.41) is 21.8. The van der Waals surface area contributed by atoms with Crippen LogP contribution in [-0.2, 0) is 24.1 Å². The van der Waals surface area contributed by atoms with Gasteiger partial charge < -0.3 is 14.6 Å². The van der Waals surface area contributed by atoms with Gasteiger partial charge in [0.15, 0.2) is 11.5 Å². The van der Waals surface area contributed by atoms with Crippen molar-refractivity contribution in [3.8, 4) is 11.5 Å². The highest BCUT2D eigenvalue weighted by atomic mass is 16.6. The van der Waals surface area contributed by atoms with E-state index in [9.17, 15) is 24.8 Å². The Bertz CT molecular complexity index is 1310. The van der Waals surface area contributed by atoms with Crippen LogP contribution in [0.15, 0.2) is 60.7 Å². The normalized spacial score (nSPS) is 13.6. The van der Waals surface area contributed by atoms with E-state index in [1.807, 2.05) is 55.5 Å². The van der Waals surface area contributed by atoms with Crippen LogP contribution >= 0.6 is 0 Å². The lowest BCUT2D eigenvalue weighted by atomic mass is 9.78. The first-order valence-electron chi connectivity index (χ1n) is 11.6. The van der Waals surface area contributed by atoms with Crippen LogP contribution in [0.4, 0.5) is 5.69 Å². The van der Waals surface area contributed by atoms with E-state index in [4.69, 9.17) is 9.47 Å². The first-order valence-corrected chi connectivity index (χ1v) is 11.6. The van der Waals surface area contributed by atoms with Gasteiger partial charge in [0.05, 0.1) is 24.1 Å². The number of ketones is 1. The van der Waals surface area contributed by atoms with E-state index in [0.29, 0.717) is 6.42 Å². The molecule has 1 aliphatic carbocycles. The topological polar surface area (TPSA) is 116 Å². The van der Waals surface area contributed by atoms with E-state index in [1.54, 1.807) is 0 Å². The van der Waals surface area contributed by atoms with Gasteiger partial charge in [0, 0.05) is 24.5 Å². The van der Waals surface area contributed by atoms with Crippen LogP contribution in [0.1, 0.15) is 39.0 Å². The van der Waals surface area contributed by atoms with Crippen LogP contribution in [0.2, 0.25) is 0 Å². The number of nitro benzene ring substituents is 1. The Morgan fingerprint density at radius 3 is 2.33 bits per heavy atom. The van der Waals surface area contributed by atoms with Crippen molar-refractivity contribution >= 4 is 17.4 Å². The van der Waals surface area contributed by atoms with E-state index in [1.165, 1.54) is 13.2 Å². The Morgan fingerprint density at radius 1 is 1.06 bits per heavy atom. The summed E-state index contributed by atoms with van der Waals surface area (Å²) in [7, 11) is 1.30. The van der Waals surface area contributed by atoms with Crippen molar-refractivity contribution in [3.63, 3.8) is 0 Å². The van der Waals surface area contributed by atoms with Crippen LogP contribution in [0, 0.1) is 22.5 Å². The van der Waals surface area contributed by atoms with E-state index in [0.717, 1.165) is 28.3 Å². The van der Waals surface area contributed by atoms with Crippen LogP contribution in [-0.4, -0.2) is 35.5 Å². The molecule has 0 aliphatic heterocycles. The number of nitrogens with zero attached hydrogens (tertiary/aromatic N) is 1. The number of aryl methyl sites for hydroxylation is 1. The quantitative estimate of drug-likeness (QED) is 0.243. The second-order valence-electron chi connectivity index (χ2n) is 9.18. The molecule has 0 heterocycles. The number of fused-ring (bicyclic) bond motifs is 1. The molecule has 0 saturated carbocycles. The number of Topliss-reactive ketones (excluding diaryl/α,β-unsaturated/α-hetero) is 1. The third kappa shape index (κ3) is 5.07. The Kier molecular flexibility index (Phi) is 7.05. The van der Waals surface area contributed by atoms with Crippen molar-refractivity contribution in [1.29, 1.82) is 0 Å². The molecule has 3 aromatic carbocycles. The van der Waals surface area contributed by atoms with Gasteiger partial charge in [-0.1, -0.05) is 54.1 Å². The Morgan fingerprint density at radius 2 is 1.75 bits per heavy atom. The number of hydrogen-bond donors (Lipinski definition) is 1. The maximum Gasteiger partial charge on any atom is 0.315 e. The molecule has 1 aliphatic rings. The molecule has 3 aromatic rings. The predicted octanol–water partition coefficient (Wildman–Crippen LogP) is 4.98. The third-order valence-electron chi connectivity index (χ3n) is 6.62. The summed E-state index contributed by atoms with van der Waals surface area (Å²) in [5.74, 6) is -1.58. The summed E-state index contributed by atoms with van der Waals surface area (Å²) in [6.45, 7) is 2.20. The summed E-state index contributed by atoms with van der Waals surface area (Å²) in [6, 6.07) is 17.8. The number of carboxylic acid groups (broad SMARTS) is 1. The number of hydrogen-bond acceptors (Lipinski definition) is 6. The molecule has 0 aromatic heterocycles. The number of nitro groups is 1. The molecule has 1 N–H and O–H groups in total. The monoisotopic (exact) mass is 489 g/mol. The summed E-state index contributed by atoms with van der Waals surface area (Å²) in [5.41, 5.74) is 2.25. The number of aliphatic carboxylic acids is 1. The summed E-state index contributed by atoms with van der Waals surface area (Å²) in [6.07, 6.45) is 0.713. The molecule has 8 nitrogen and oxygen atoms in total. The van der Waals surface area contributed by atoms with Crippen molar-refractivity contribution in [2.24, 2.45) is 5.41 Å². The highest BCUT2D eigenvalue weighted by Crippen LogP contribution is 2.43. The van der Waals surface area contributed by atoms with E-state index in [2.05, 4.69) is 0 Å². The second-order valence-corrected chi connectivity index (χ2v) is 9.18. The number of benzene rings is 3. The van der Waals surface area contributed by atoms with Gasteiger partial charge in [-0.3, -0.25) is 19.7 Å². The molecule has 0 fully saturated rings. The van der Waals surface area contributed by atoms with Gasteiger partial charge in [0.2, 0.25) is 5.75 Å². The number of ether oxygens (including phenoxy) is 2. The zero-order chi connectivity index (χ0) is 25.9. The summed E-state index contributed by atoms with van der Waals surface area (Å²) < 4.78 is 11.1. The lowest BCUT2D eigenvalue weighted by Crippen LogP contribution is -2.34. The minimum absolute atomic E-state index is 0.0182. The summed E-state index contributed by atoms with van der Waals surface area (Å²) >= 11 is 0. The molecule has 0 unspecified atom stereocenters. The van der Waals surface area contributed by atoms with E-state index < -0.39 is 27.8 Å². The average molecular weight is 490 g/mol. The molecule has 0 saturated heterocycles. The van der Waals surface area contributed by atoms with Crippen molar-refractivity contribution in [1.82, 2.24) is 0 Å². The third-order valence-corrected chi connectivity index (χ3v) is 6.62. The molecule has 0 radical (unpaired) electrons. The van der Waals surface area contributed by atoms with Gasteiger partial charge in [-0.25, -0.2) is 0 Å². The summed E-state index contributed by atoms with van der Waals surface area (Å²) in [4.78, 5) is 36.8. The Labute approximate surface area is 208 Å². The zero-order valence-corrected chi connectivity index (χ0v) is 20.2. The molecule has 36 heavy (non-hydrogen) atoms. The number of carbonyl (C=O) groups is 2. The molecule has 8 heteroatoms. The van der Waals surface area contributed by atoms with Crippen LogP contribution in [0.5, 0.6) is 11.5 Å². The van der Waals surface area contributed by atoms with Gasteiger partial charge >= 0.3 is 11.7 Å². The zero-order valence-electron chi connectivity index (χ0n) is 20.2. The van der Waals surface area contributed by atoms with Gasteiger partial charge in [-0.05, 0) is 42.5 Å². The first kappa shape index (κ1) is 24.9.